The standard InChI is InChI=1S/C14H16FN5O/c1-2-20(9-10-3-6-17-7-4-10)14(21)11-5-8-18-13(19-16)12(11)15/h3-8H,2,9,16H2,1H3,(H,18,19). The number of rotatable bonds is 5. The normalized spacial score (nSPS) is 10.2. The van der Waals surface area contributed by atoms with Crippen molar-refractivity contribution < 1.29 is 9.18 Å². The summed E-state index contributed by atoms with van der Waals surface area (Å²) in [4.78, 5) is 21.6. The molecule has 3 N–H and O–H groups in total. The maximum Gasteiger partial charge on any atom is 0.257 e. The van der Waals surface area contributed by atoms with Crippen LogP contribution < -0.4 is 11.3 Å². The van der Waals surface area contributed by atoms with Crippen LogP contribution in [0.4, 0.5) is 10.2 Å². The minimum Gasteiger partial charge on any atom is -0.335 e. The molecule has 7 heteroatoms. The number of anilines is 1. The van der Waals surface area contributed by atoms with Crippen molar-refractivity contribution in [3.05, 3.63) is 53.7 Å². The third-order valence-electron chi connectivity index (χ3n) is 3.05. The van der Waals surface area contributed by atoms with Crippen molar-refractivity contribution in [2.45, 2.75) is 13.5 Å². The summed E-state index contributed by atoms with van der Waals surface area (Å²) < 4.78 is 14.1. The van der Waals surface area contributed by atoms with Crippen LogP contribution in [0.25, 0.3) is 0 Å². The molecule has 0 atom stereocenters. The minimum atomic E-state index is -0.752. The van der Waals surface area contributed by atoms with Gasteiger partial charge in [0.1, 0.15) is 0 Å². The summed E-state index contributed by atoms with van der Waals surface area (Å²) in [5.41, 5.74) is 2.99. The zero-order chi connectivity index (χ0) is 15.2. The summed E-state index contributed by atoms with van der Waals surface area (Å²) in [6.07, 6.45) is 4.64. The first-order valence-electron chi connectivity index (χ1n) is 6.46. The van der Waals surface area contributed by atoms with Crippen LogP contribution in [0, 0.1) is 5.82 Å². The lowest BCUT2D eigenvalue weighted by molar-refractivity contribution is 0.0747. The number of carbonyl (C=O) groups excluding carboxylic acids is 1. The van der Waals surface area contributed by atoms with Gasteiger partial charge in [0.15, 0.2) is 11.6 Å². The van der Waals surface area contributed by atoms with Gasteiger partial charge >= 0.3 is 0 Å². The van der Waals surface area contributed by atoms with Crippen molar-refractivity contribution >= 4 is 11.7 Å². The van der Waals surface area contributed by atoms with Gasteiger partial charge in [-0.05, 0) is 30.7 Å². The number of amides is 1. The molecule has 0 aromatic carbocycles. The molecule has 0 aliphatic rings. The van der Waals surface area contributed by atoms with Crippen LogP contribution >= 0.6 is 0 Å². The number of hydrogen-bond acceptors (Lipinski definition) is 5. The Kier molecular flexibility index (Phi) is 4.78. The van der Waals surface area contributed by atoms with E-state index in [0.29, 0.717) is 13.1 Å². The Bertz CT molecular complexity index is 620. The quantitative estimate of drug-likeness (QED) is 0.644. The van der Waals surface area contributed by atoms with Crippen molar-refractivity contribution in [2.75, 3.05) is 12.0 Å². The zero-order valence-electron chi connectivity index (χ0n) is 11.6. The third-order valence-corrected chi connectivity index (χ3v) is 3.05. The highest BCUT2D eigenvalue weighted by Gasteiger charge is 2.20. The minimum absolute atomic E-state index is 0.0612. The van der Waals surface area contributed by atoms with Crippen LogP contribution in [0.1, 0.15) is 22.8 Å². The van der Waals surface area contributed by atoms with Gasteiger partial charge in [0.2, 0.25) is 0 Å². The molecule has 0 saturated heterocycles. The van der Waals surface area contributed by atoms with Crippen LogP contribution in [0.15, 0.2) is 36.8 Å². The second-order valence-electron chi connectivity index (χ2n) is 4.34. The summed E-state index contributed by atoms with van der Waals surface area (Å²) >= 11 is 0. The fraction of sp³-hybridized carbons (Fsp3) is 0.214. The molecule has 2 aromatic heterocycles. The van der Waals surface area contributed by atoms with Crippen LogP contribution in [-0.4, -0.2) is 27.3 Å². The second-order valence-corrected chi connectivity index (χ2v) is 4.34. The predicted octanol–water partition coefficient (Wildman–Crippen LogP) is 1.56. The van der Waals surface area contributed by atoms with E-state index in [4.69, 9.17) is 5.84 Å². The highest BCUT2D eigenvalue weighted by Crippen LogP contribution is 2.17. The molecule has 0 fully saturated rings. The first kappa shape index (κ1) is 14.9. The van der Waals surface area contributed by atoms with Crippen LogP contribution in [-0.2, 0) is 6.54 Å². The van der Waals surface area contributed by atoms with Crippen LogP contribution in [0.3, 0.4) is 0 Å². The number of hydrogen-bond donors (Lipinski definition) is 2. The third kappa shape index (κ3) is 3.32. The van der Waals surface area contributed by atoms with E-state index in [0.717, 1.165) is 5.56 Å². The van der Waals surface area contributed by atoms with Crippen LogP contribution in [0.5, 0.6) is 0 Å². The molecule has 0 aliphatic carbocycles. The summed E-state index contributed by atoms with van der Waals surface area (Å²) in [5, 5.41) is 0. The topological polar surface area (TPSA) is 84.1 Å². The van der Waals surface area contributed by atoms with Gasteiger partial charge in [-0.2, -0.15) is 0 Å². The maximum absolute atomic E-state index is 14.1. The molecule has 6 nitrogen and oxygen atoms in total. The maximum atomic E-state index is 14.1. The summed E-state index contributed by atoms with van der Waals surface area (Å²) in [6.45, 7) is 2.67. The Morgan fingerprint density at radius 2 is 2.05 bits per heavy atom. The molecule has 2 rings (SSSR count). The number of nitrogens with two attached hydrogens (primary N) is 1. The lowest BCUT2D eigenvalue weighted by Gasteiger charge is -2.21. The molecular formula is C14H16FN5O. The Hall–Kier alpha value is -2.54. The van der Waals surface area contributed by atoms with Gasteiger partial charge in [0, 0.05) is 31.7 Å². The number of hydrazine groups is 1. The Morgan fingerprint density at radius 1 is 1.33 bits per heavy atom. The molecule has 0 bridgehead atoms. The van der Waals surface area contributed by atoms with Crippen molar-refractivity contribution in [3.8, 4) is 0 Å². The summed E-state index contributed by atoms with van der Waals surface area (Å²) in [5.74, 6) is 3.85. The molecular weight excluding hydrogens is 273 g/mol. The molecule has 0 unspecified atom stereocenters. The van der Waals surface area contributed by atoms with E-state index >= 15 is 0 Å². The monoisotopic (exact) mass is 289 g/mol. The predicted molar refractivity (Wildman–Crippen MR) is 76.7 cm³/mol. The fourth-order valence-electron chi connectivity index (χ4n) is 1.92. The number of nitrogen functional groups attached to an aromatic ring is 1. The van der Waals surface area contributed by atoms with Crippen molar-refractivity contribution in [1.29, 1.82) is 0 Å². The SMILES string of the molecule is CCN(Cc1ccncc1)C(=O)c1ccnc(NN)c1F. The van der Waals surface area contributed by atoms with E-state index in [1.165, 1.54) is 17.2 Å². The first-order chi connectivity index (χ1) is 10.2. The molecule has 0 spiro atoms. The van der Waals surface area contributed by atoms with Gasteiger partial charge < -0.3 is 10.3 Å². The summed E-state index contributed by atoms with van der Waals surface area (Å²) in [6, 6.07) is 4.96. The lowest BCUT2D eigenvalue weighted by Crippen LogP contribution is -2.31. The number of nitrogens with zero attached hydrogens (tertiary/aromatic N) is 3. The molecule has 0 aliphatic heterocycles. The molecule has 0 saturated carbocycles. The molecule has 1 amide bonds. The fourth-order valence-corrected chi connectivity index (χ4v) is 1.92. The van der Waals surface area contributed by atoms with E-state index in [2.05, 4.69) is 15.4 Å². The van der Waals surface area contributed by atoms with Gasteiger partial charge in [-0.1, -0.05) is 0 Å². The average Bonchev–Trinajstić information content (AvgIpc) is 2.53. The van der Waals surface area contributed by atoms with Crippen molar-refractivity contribution in [3.63, 3.8) is 0 Å². The summed E-state index contributed by atoms with van der Waals surface area (Å²) in [7, 11) is 0. The average molecular weight is 289 g/mol. The number of nitrogens with one attached hydrogen (secondary N) is 1. The molecule has 2 heterocycles. The number of halogens is 1. The van der Waals surface area contributed by atoms with Gasteiger partial charge in [-0.3, -0.25) is 9.78 Å². The van der Waals surface area contributed by atoms with Crippen molar-refractivity contribution in [1.82, 2.24) is 14.9 Å². The second kappa shape index (κ2) is 6.76. The molecule has 0 radical (unpaired) electrons. The van der Waals surface area contributed by atoms with Gasteiger partial charge in [0.05, 0.1) is 5.56 Å². The van der Waals surface area contributed by atoms with Crippen molar-refractivity contribution in [2.24, 2.45) is 5.84 Å². The smallest absolute Gasteiger partial charge is 0.257 e. The van der Waals surface area contributed by atoms with E-state index in [1.54, 1.807) is 12.4 Å². The van der Waals surface area contributed by atoms with E-state index in [-0.39, 0.29) is 11.4 Å². The highest BCUT2D eigenvalue weighted by molar-refractivity contribution is 5.95. The van der Waals surface area contributed by atoms with Gasteiger partial charge in [0.25, 0.3) is 5.91 Å². The van der Waals surface area contributed by atoms with E-state index < -0.39 is 11.7 Å². The highest BCUT2D eigenvalue weighted by atomic mass is 19.1. The van der Waals surface area contributed by atoms with E-state index in [1.807, 2.05) is 19.1 Å². The Labute approximate surface area is 121 Å². The number of pyridine rings is 2. The number of aromatic nitrogens is 2. The molecule has 21 heavy (non-hydrogen) atoms. The first-order valence-corrected chi connectivity index (χ1v) is 6.46. The lowest BCUT2D eigenvalue weighted by atomic mass is 10.2. The van der Waals surface area contributed by atoms with E-state index in [9.17, 15) is 9.18 Å². The largest absolute Gasteiger partial charge is 0.335 e. The van der Waals surface area contributed by atoms with Gasteiger partial charge in [-0.25, -0.2) is 15.2 Å². The molecule has 110 valence electrons. The number of carbonyl (C=O) groups is 1. The van der Waals surface area contributed by atoms with Crippen LogP contribution in [0.2, 0.25) is 0 Å². The Morgan fingerprint density at radius 3 is 2.67 bits per heavy atom. The van der Waals surface area contributed by atoms with Gasteiger partial charge in [-0.15, -0.1) is 0 Å². The Balaban J connectivity index is 2.24. The zero-order valence-corrected chi connectivity index (χ0v) is 11.6. The molecule has 2 aromatic rings.